The molecule has 0 fully saturated rings. The van der Waals surface area contributed by atoms with Crippen LogP contribution in [0, 0.1) is 18.7 Å². The molecule has 5 rings (SSSR count). The van der Waals surface area contributed by atoms with E-state index in [0.717, 1.165) is 18.2 Å². The van der Waals surface area contributed by atoms with Crippen LogP contribution in [0.3, 0.4) is 0 Å². The van der Waals surface area contributed by atoms with Crippen LogP contribution in [0.4, 0.5) is 30.7 Å². The summed E-state index contributed by atoms with van der Waals surface area (Å²) >= 11 is 0. The molecule has 0 radical (unpaired) electrons. The number of fused-ring (bicyclic) bond motifs is 4. The molecular formula is C28H20F7NO. The van der Waals surface area contributed by atoms with Gasteiger partial charge in [-0.2, -0.15) is 26.3 Å². The third kappa shape index (κ3) is 4.30. The number of hydrogen-bond donors (Lipinski definition) is 0. The second kappa shape index (κ2) is 8.46. The quantitative estimate of drug-likeness (QED) is 0.222. The molecule has 0 saturated carbocycles. The van der Waals surface area contributed by atoms with Crippen molar-refractivity contribution < 1.29 is 35.2 Å². The number of hydrogen-bond acceptors (Lipinski definition) is 2. The van der Waals surface area contributed by atoms with E-state index in [4.69, 9.17) is 4.42 Å². The highest BCUT2D eigenvalue weighted by Crippen LogP contribution is 2.45. The van der Waals surface area contributed by atoms with Gasteiger partial charge < -0.3 is 4.42 Å². The molecule has 9 heteroatoms. The van der Waals surface area contributed by atoms with Gasteiger partial charge in [0.2, 0.25) is 0 Å². The monoisotopic (exact) mass is 519 g/mol. The highest BCUT2D eigenvalue weighted by molar-refractivity contribution is 6.12. The second-order valence-electron chi connectivity index (χ2n) is 9.55. The molecule has 0 spiro atoms. The van der Waals surface area contributed by atoms with Gasteiger partial charge >= 0.3 is 12.4 Å². The molecule has 0 bridgehead atoms. The third-order valence-electron chi connectivity index (χ3n) is 6.37. The molecule has 0 unspecified atom stereocenters. The van der Waals surface area contributed by atoms with E-state index in [2.05, 4.69) is 4.98 Å². The highest BCUT2D eigenvalue weighted by atomic mass is 19.4. The fourth-order valence-electron chi connectivity index (χ4n) is 4.76. The van der Waals surface area contributed by atoms with Gasteiger partial charge in [-0.15, -0.1) is 0 Å². The Labute approximate surface area is 206 Å². The summed E-state index contributed by atoms with van der Waals surface area (Å²) in [7, 11) is 0. The lowest BCUT2D eigenvalue weighted by molar-refractivity contribution is -0.137. The Morgan fingerprint density at radius 3 is 2.27 bits per heavy atom. The van der Waals surface area contributed by atoms with Crippen LogP contribution in [-0.2, 0) is 18.8 Å². The normalized spacial score (nSPS) is 12.9. The second-order valence-corrected chi connectivity index (χ2v) is 9.55. The lowest BCUT2D eigenvalue weighted by Gasteiger charge is -2.18. The maximum atomic E-state index is 14.3. The molecule has 3 aromatic carbocycles. The third-order valence-corrected chi connectivity index (χ3v) is 6.37. The van der Waals surface area contributed by atoms with E-state index in [-0.39, 0.29) is 55.4 Å². The Bertz CT molecular complexity index is 1680. The van der Waals surface area contributed by atoms with E-state index in [0.29, 0.717) is 18.2 Å². The van der Waals surface area contributed by atoms with Crippen molar-refractivity contribution in [2.24, 2.45) is 5.92 Å². The number of alkyl halides is 6. The van der Waals surface area contributed by atoms with Crippen LogP contribution in [0.2, 0.25) is 0 Å². The molecule has 5 aromatic rings. The van der Waals surface area contributed by atoms with Gasteiger partial charge in [-0.1, -0.05) is 32.0 Å². The number of rotatable bonds is 3. The van der Waals surface area contributed by atoms with Gasteiger partial charge in [-0.3, -0.25) is 4.98 Å². The topological polar surface area (TPSA) is 26.0 Å². The smallest absolute Gasteiger partial charge is 0.418 e. The summed E-state index contributed by atoms with van der Waals surface area (Å²) in [6, 6.07) is 8.70. The maximum absolute atomic E-state index is 14.3. The largest absolute Gasteiger partial charge is 0.455 e. The number of aromatic nitrogens is 1. The Kier molecular flexibility index (Phi) is 5.73. The van der Waals surface area contributed by atoms with Crippen molar-refractivity contribution >= 4 is 32.7 Å². The molecule has 37 heavy (non-hydrogen) atoms. The molecule has 0 aliphatic rings. The van der Waals surface area contributed by atoms with Gasteiger partial charge in [0.15, 0.2) is 0 Å². The molecule has 2 heterocycles. The van der Waals surface area contributed by atoms with Crippen molar-refractivity contribution in [1.29, 1.82) is 0 Å². The molecule has 0 amide bonds. The predicted molar refractivity (Wildman–Crippen MR) is 128 cm³/mol. The first-order valence-corrected chi connectivity index (χ1v) is 11.5. The summed E-state index contributed by atoms with van der Waals surface area (Å²) in [4.78, 5) is 4.02. The van der Waals surface area contributed by atoms with E-state index < -0.39 is 29.3 Å². The van der Waals surface area contributed by atoms with Gasteiger partial charge in [0.25, 0.3) is 0 Å². The minimum Gasteiger partial charge on any atom is -0.455 e. The maximum Gasteiger partial charge on any atom is 0.418 e. The Morgan fingerprint density at radius 1 is 0.892 bits per heavy atom. The molecule has 2 aromatic heterocycles. The highest BCUT2D eigenvalue weighted by Gasteiger charge is 2.36. The van der Waals surface area contributed by atoms with Crippen LogP contribution in [0.25, 0.3) is 44.0 Å². The number of halogens is 7. The Morgan fingerprint density at radius 2 is 1.62 bits per heavy atom. The van der Waals surface area contributed by atoms with Crippen LogP contribution >= 0.6 is 0 Å². The van der Waals surface area contributed by atoms with Gasteiger partial charge in [0.1, 0.15) is 17.0 Å². The SMILES string of the molecule is Cc1cc2oc3c(-c4ncc(C(F)(F)F)c5c(CC(C)C)cccc45)cc(C(F)(F)F)cc3c2cc1F. The summed E-state index contributed by atoms with van der Waals surface area (Å²) in [5.41, 5.74) is -1.43. The van der Waals surface area contributed by atoms with Crippen LogP contribution < -0.4 is 0 Å². The lowest BCUT2D eigenvalue weighted by Crippen LogP contribution is -2.10. The minimum atomic E-state index is -4.78. The fourth-order valence-corrected chi connectivity index (χ4v) is 4.76. The molecule has 0 atom stereocenters. The molecule has 192 valence electrons. The summed E-state index contributed by atoms with van der Waals surface area (Å²) < 4.78 is 104. The van der Waals surface area contributed by atoms with Crippen molar-refractivity contribution in [2.75, 3.05) is 0 Å². The van der Waals surface area contributed by atoms with Crippen LogP contribution in [-0.4, -0.2) is 4.98 Å². The zero-order chi connectivity index (χ0) is 26.9. The average molecular weight is 519 g/mol. The van der Waals surface area contributed by atoms with Gasteiger partial charge in [0.05, 0.1) is 16.8 Å². The van der Waals surface area contributed by atoms with Crippen molar-refractivity contribution in [1.82, 2.24) is 4.98 Å². The van der Waals surface area contributed by atoms with E-state index in [1.807, 2.05) is 13.8 Å². The number of benzene rings is 3. The van der Waals surface area contributed by atoms with Gasteiger partial charge in [-0.05, 0) is 54.7 Å². The number of aryl methyl sites for hydroxylation is 1. The van der Waals surface area contributed by atoms with E-state index in [1.54, 1.807) is 12.1 Å². The van der Waals surface area contributed by atoms with Crippen molar-refractivity contribution in [3.8, 4) is 11.3 Å². The first kappa shape index (κ1) is 25.0. The number of pyridine rings is 1. The fraction of sp³-hybridized carbons (Fsp3) is 0.250. The first-order chi connectivity index (χ1) is 17.3. The average Bonchev–Trinajstić information content (AvgIpc) is 3.14. The van der Waals surface area contributed by atoms with Gasteiger partial charge in [0, 0.05) is 33.3 Å². The first-order valence-electron chi connectivity index (χ1n) is 11.5. The summed E-state index contributed by atoms with van der Waals surface area (Å²) in [6.45, 7) is 5.21. The number of nitrogens with zero attached hydrogens (tertiary/aromatic N) is 1. The lowest BCUT2D eigenvalue weighted by atomic mass is 9.91. The molecule has 0 aliphatic carbocycles. The van der Waals surface area contributed by atoms with E-state index in [9.17, 15) is 30.7 Å². The summed E-state index contributed by atoms with van der Waals surface area (Å²) in [6.07, 6.45) is -8.53. The zero-order valence-corrected chi connectivity index (χ0v) is 19.9. The standard InChI is InChI=1S/C28H20F7NO/c1-13(2)7-15-5-4-6-17-24(15)21(28(33,34)35)12-36-25(17)20-10-16(27(30,31)32)9-19-18-11-22(29)14(3)8-23(18)37-26(19)20/h4-6,8-13H,7H2,1-3H3. The summed E-state index contributed by atoms with van der Waals surface area (Å²) in [5.74, 6) is -0.595. The Hall–Kier alpha value is -3.62. The molecule has 2 nitrogen and oxygen atoms in total. The molecule has 0 aliphatic heterocycles. The molecular weight excluding hydrogens is 499 g/mol. The van der Waals surface area contributed by atoms with Crippen molar-refractivity contribution in [3.63, 3.8) is 0 Å². The van der Waals surface area contributed by atoms with Crippen LogP contribution in [0.1, 0.15) is 36.1 Å². The minimum absolute atomic E-state index is 0.00749. The molecule has 0 saturated heterocycles. The molecule has 0 N–H and O–H groups in total. The number of furan rings is 1. The summed E-state index contributed by atoms with van der Waals surface area (Å²) in [5, 5.41) is 0.0581. The predicted octanol–water partition coefficient (Wildman–Crippen LogP) is 9.48. The zero-order valence-electron chi connectivity index (χ0n) is 19.9. The van der Waals surface area contributed by atoms with Crippen LogP contribution in [0.15, 0.2) is 53.1 Å². The van der Waals surface area contributed by atoms with Crippen LogP contribution in [0.5, 0.6) is 0 Å². The van der Waals surface area contributed by atoms with Crippen molar-refractivity contribution in [3.05, 3.63) is 76.7 Å². The van der Waals surface area contributed by atoms with Gasteiger partial charge in [-0.25, -0.2) is 4.39 Å². The van der Waals surface area contributed by atoms with E-state index in [1.165, 1.54) is 19.1 Å². The van der Waals surface area contributed by atoms with E-state index >= 15 is 0 Å². The Balaban J connectivity index is 1.94. The van der Waals surface area contributed by atoms with Crippen molar-refractivity contribution in [2.45, 2.75) is 39.5 Å².